The van der Waals surface area contributed by atoms with Crippen molar-refractivity contribution < 1.29 is 14.4 Å². The van der Waals surface area contributed by atoms with E-state index >= 15 is 0 Å². The highest BCUT2D eigenvalue weighted by Gasteiger charge is 2.32. The van der Waals surface area contributed by atoms with Gasteiger partial charge in [-0.05, 0) is 24.3 Å². The number of hydrogen-bond acceptors (Lipinski definition) is 4. The Balaban J connectivity index is 2.10. The SMILES string of the molecule is O=C(O)c1c(-c2ccsc2)noc1C1CCC1. The van der Waals surface area contributed by atoms with Crippen LogP contribution in [-0.2, 0) is 0 Å². The van der Waals surface area contributed by atoms with E-state index in [1.165, 1.54) is 11.3 Å². The maximum Gasteiger partial charge on any atom is 0.341 e. The number of rotatable bonds is 3. The van der Waals surface area contributed by atoms with Crippen LogP contribution in [0.4, 0.5) is 0 Å². The van der Waals surface area contributed by atoms with E-state index in [2.05, 4.69) is 5.16 Å². The van der Waals surface area contributed by atoms with Crippen LogP contribution in [0.25, 0.3) is 11.3 Å². The fourth-order valence-electron chi connectivity index (χ4n) is 2.05. The van der Waals surface area contributed by atoms with Crippen LogP contribution < -0.4 is 0 Å². The summed E-state index contributed by atoms with van der Waals surface area (Å²) >= 11 is 1.52. The molecule has 1 aliphatic carbocycles. The quantitative estimate of drug-likeness (QED) is 0.905. The van der Waals surface area contributed by atoms with Gasteiger partial charge in [0.15, 0.2) is 5.76 Å². The minimum atomic E-state index is -0.950. The lowest BCUT2D eigenvalue weighted by Gasteiger charge is -2.22. The summed E-state index contributed by atoms with van der Waals surface area (Å²) in [5.74, 6) is -0.166. The van der Waals surface area contributed by atoms with E-state index in [-0.39, 0.29) is 11.5 Å². The molecule has 0 bridgehead atoms. The predicted molar refractivity (Wildman–Crippen MR) is 63.4 cm³/mol. The number of aromatic nitrogens is 1. The lowest BCUT2D eigenvalue weighted by molar-refractivity contribution is 0.0693. The number of carbonyl (C=O) groups is 1. The Labute approximate surface area is 102 Å². The first kappa shape index (κ1) is 10.5. The van der Waals surface area contributed by atoms with Gasteiger partial charge in [-0.25, -0.2) is 4.79 Å². The minimum absolute atomic E-state index is 0.237. The van der Waals surface area contributed by atoms with Gasteiger partial charge in [0.1, 0.15) is 11.3 Å². The van der Waals surface area contributed by atoms with Crippen molar-refractivity contribution in [1.82, 2.24) is 5.16 Å². The van der Waals surface area contributed by atoms with Crippen LogP contribution in [0.3, 0.4) is 0 Å². The van der Waals surface area contributed by atoms with Crippen LogP contribution in [-0.4, -0.2) is 16.2 Å². The van der Waals surface area contributed by atoms with Crippen molar-refractivity contribution in [2.75, 3.05) is 0 Å². The van der Waals surface area contributed by atoms with Crippen LogP contribution in [0.1, 0.15) is 41.3 Å². The highest BCUT2D eigenvalue weighted by molar-refractivity contribution is 7.08. The van der Waals surface area contributed by atoms with Gasteiger partial charge in [-0.1, -0.05) is 11.6 Å². The molecule has 0 aliphatic heterocycles. The van der Waals surface area contributed by atoms with Crippen LogP contribution in [0.5, 0.6) is 0 Å². The second-order valence-electron chi connectivity index (χ2n) is 4.22. The Kier molecular flexibility index (Phi) is 2.48. The van der Waals surface area contributed by atoms with Gasteiger partial charge < -0.3 is 9.63 Å². The molecule has 1 N–H and O–H groups in total. The van der Waals surface area contributed by atoms with E-state index < -0.39 is 5.97 Å². The molecule has 88 valence electrons. The lowest BCUT2D eigenvalue weighted by Crippen LogP contribution is -2.12. The molecular weight excluding hydrogens is 238 g/mol. The highest BCUT2D eigenvalue weighted by Crippen LogP contribution is 2.40. The average Bonchev–Trinajstić information content (AvgIpc) is 2.80. The normalized spacial score (nSPS) is 15.8. The molecule has 0 spiro atoms. The van der Waals surface area contributed by atoms with Gasteiger partial charge in [0.05, 0.1) is 0 Å². The molecule has 1 aliphatic rings. The second kappa shape index (κ2) is 4.00. The van der Waals surface area contributed by atoms with Crippen molar-refractivity contribution in [3.63, 3.8) is 0 Å². The van der Waals surface area contributed by atoms with Gasteiger partial charge >= 0.3 is 5.97 Å². The summed E-state index contributed by atoms with van der Waals surface area (Å²) < 4.78 is 5.26. The number of thiophene rings is 1. The Hall–Kier alpha value is -1.62. The first-order chi connectivity index (χ1) is 8.27. The Morgan fingerprint density at radius 1 is 1.53 bits per heavy atom. The van der Waals surface area contributed by atoms with Gasteiger partial charge in [-0.3, -0.25) is 0 Å². The molecular formula is C12H11NO3S. The summed E-state index contributed by atoms with van der Waals surface area (Å²) in [6.45, 7) is 0. The van der Waals surface area contributed by atoms with E-state index in [0.717, 1.165) is 24.8 Å². The molecule has 2 aromatic heterocycles. The van der Waals surface area contributed by atoms with Crippen LogP contribution >= 0.6 is 11.3 Å². The van der Waals surface area contributed by atoms with Gasteiger partial charge in [0.2, 0.25) is 0 Å². The van der Waals surface area contributed by atoms with Crippen molar-refractivity contribution in [3.8, 4) is 11.3 Å². The lowest BCUT2D eigenvalue weighted by atomic mass is 9.81. The Morgan fingerprint density at radius 3 is 2.88 bits per heavy atom. The average molecular weight is 249 g/mol. The molecule has 0 aromatic carbocycles. The van der Waals surface area contributed by atoms with Gasteiger partial charge in [0.25, 0.3) is 0 Å². The number of aromatic carboxylic acids is 1. The predicted octanol–water partition coefficient (Wildman–Crippen LogP) is 3.37. The van der Waals surface area contributed by atoms with Crippen molar-refractivity contribution in [3.05, 3.63) is 28.2 Å². The van der Waals surface area contributed by atoms with Crippen molar-refractivity contribution in [1.29, 1.82) is 0 Å². The van der Waals surface area contributed by atoms with E-state index in [4.69, 9.17) is 4.52 Å². The zero-order chi connectivity index (χ0) is 11.8. The third-order valence-electron chi connectivity index (χ3n) is 3.20. The largest absolute Gasteiger partial charge is 0.477 e. The molecule has 4 nitrogen and oxygen atoms in total. The van der Waals surface area contributed by atoms with E-state index in [0.29, 0.717) is 11.5 Å². The topological polar surface area (TPSA) is 63.3 Å². The monoisotopic (exact) mass is 249 g/mol. The molecule has 0 radical (unpaired) electrons. The first-order valence-corrected chi connectivity index (χ1v) is 6.47. The second-order valence-corrected chi connectivity index (χ2v) is 5.00. The first-order valence-electron chi connectivity index (χ1n) is 5.53. The van der Waals surface area contributed by atoms with Crippen molar-refractivity contribution in [2.45, 2.75) is 25.2 Å². The summed E-state index contributed by atoms with van der Waals surface area (Å²) in [6, 6.07) is 1.86. The molecule has 0 saturated heterocycles. The standard InChI is InChI=1S/C12H11NO3S/c14-12(15)9-10(8-4-5-17-6-8)13-16-11(9)7-2-1-3-7/h4-7H,1-3H2,(H,14,15). The molecule has 1 saturated carbocycles. The molecule has 1 fully saturated rings. The summed E-state index contributed by atoms with van der Waals surface area (Å²) in [5, 5.41) is 17.0. The molecule has 0 atom stereocenters. The van der Waals surface area contributed by atoms with Crippen molar-refractivity contribution >= 4 is 17.3 Å². The van der Waals surface area contributed by atoms with Gasteiger partial charge in [-0.2, -0.15) is 11.3 Å². The van der Waals surface area contributed by atoms with Gasteiger partial charge in [0, 0.05) is 16.9 Å². The zero-order valence-corrected chi connectivity index (χ0v) is 9.87. The summed E-state index contributed by atoms with van der Waals surface area (Å²) in [7, 11) is 0. The molecule has 2 heterocycles. The molecule has 3 rings (SSSR count). The third-order valence-corrected chi connectivity index (χ3v) is 3.89. The number of carboxylic acid groups (broad SMARTS) is 1. The number of nitrogens with zero attached hydrogens (tertiary/aromatic N) is 1. The Morgan fingerprint density at radius 2 is 2.35 bits per heavy atom. The van der Waals surface area contributed by atoms with Crippen LogP contribution in [0, 0.1) is 0 Å². The van der Waals surface area contributed by atoms with Gasteiger partial charge in [-0.15, -0.1) is 0 Å². The number of carboxylic acids is 1. The Bertz CT molecular complexity index is 540. The third kappa shape index (κ3) is 1.67. The molecule has 5 heteroatoms. The van der Waals surface area contributed by atoms with Crippen LogP contribution in [0.2, 0.25) is 0 Å². The fraction of sp³-hybridized carbons (Fsp3) is 0.333. The minimum Gasteiger partial charge on any atom is -0.477 e. The molecule has 2 aromatic rings. The smallest absolute Gasteiger partial charge is 0.341 e. The van der Waals surface area contributed by atoms with E-state index in [1.54, 1.807) is 0 Å². The van der Waals surface area contributed by atoms with Crippen molar-refractivity contribution in [2.24, 2.45) is 0 Å². The molecule has 17 heavy (non-hydrogen) atoms. The molecule has 0 amide bonds. The fourth-order valence-corrected chi connectivity index (χ4v) is 2.70. The summed E-state index contributed by atoms with van der Waals surface area (Å²) in [4.78, 5) is 11.3. The highest BCUT2D eigenvalue weighted by atomic mass is 32.1. The number of hydrogen-bond donors (Lipinski definition) is 1. The summed E-state index contributed by atoms with van der Waals surface area (Å²) in [5.41, 5.74) is 1.52. The van der Waals surface area contributed by atoms with E-state index in [9.17, 15) is 9.90 Å². The van der Waals surface area contributed by atoms with Crippen LogP contribution in [0.15, 0.2) is 21.3 Å². The maximum absolute atomic E-state index is 11.3. The summed E-state index contributed by atoms with van der Waals surface area (Å²) in [6.07, 6.45) is 3.13. The van der Waals surface area contributed by atoms with E-state index in [1.807, 2.05) is 16.8 Å². The zero-order valence-electron chi connectivity index (χ0n) is 9.05. The molecule has 0 unspecified atom stereocenters. The maximum atomic E-state index is 11.3.